The first-order valence-electron chi connectivity index (χ1n) is 9.38. The normalized spacial score (nSPS) is 25.1. The van der Waals surface area contributed by atoms with E-state index in [1.807, 2.05) is 18.2 Å². The van der Waals surface area contributed by atoms with E-state index >= 15 is 0 Å². The number of rotatable bonds is 3. The quantitative estimate of drug-likeness (QED) is 0.887. The van der Waals surface area contributed by atoms with E-state index in [2.05, 4.69) is 25.0 Å². The third-order valence-corrected chi connectivity index (χ3v) is 5.90. The van der Waals surface area contributed by atoms with Crippen LogP contribution >= 0.6 is 0 Å². The SMILES string of the molecule is CC(C)c1cccc(-n2cc(O)c(C(=O)N3CC4CCC(N)C4C3)n2)c1. The summed E-state index contributed by atoms with van der Waals surface area (Å²) in [6, 6.07) is 8.17. The zero-order chi connectivity index (χ0) is 18.4. The number of carbonyl (C=O) groups is 1. The fraction of sp³-hybridized carbons (Fsp3) is 0.500. The van der Waals surface area contributed by atoms with Gasteiger partial charge in [0.05, 0.1) is 11.9 Å². The Bertz CT molecular complexity index is 829. The Kier molecular flexibility index (Phi) is 4.23. The van der Waals surface area contributed by atoms with Gasteiger partial charge in [-0.2, -0.15) is 5.10 Å². The molecule has 0 radical (unpaired) electrons. The van der Waals surface area contributed by atoms with Gasteiger partial charge in [0.1, 0.15) is 0 Å². The lowest BCUT2D eigenvalue weighted by molar-refractivity contribution is 0.0770. The third kappa shape index (κ3) is 2.88. The Labute approximate surface area is 153 Å². The predicted molar refractivity (Wildman–Crippen MR) is 99.4 cm³/mol. The molecule has 138 valence electrons. The maximum atomic E-state index is 12.9. The number of hydrogen-bond donors (Lipinski definition) is 2. The number of nitrogens with zero attached hydrogens (tertiary/aromatic N) is 3. The Morgan fingerprint density at radius 3 is 2.85 bits per heavy atom. The number of hydrogen-bond acceptors (Lipinski definition) is 4. The number of amides is 1. The molecule has 6 heteroatoms. The molecular weight excluding hydrogens is 328 g/mol. The van der Waals surface area contributed by atoms with Crippen LogP contribution in [-0.2, 0) is 0 Å². The first-order valence-corrected chi connectivity index (χ1v) is 9.38. The van der Waals surface area contributed by atoms with E-state index in [1.165, 1.54) is 11.8 Å². The van der Waals surface area contributed by atoms with Gasteiger partial charge in [-0.1, -0.05) is 26.0 Å². The van der Waals surface area contributed by atoms with Crippen LogP contribution in [-0.4, -0.2) is 44.8 Å². The van der Waals surface area contributed by atoms with Gasteiger partial charge in [-0.3, -0.25) is 4.79 Å². The number of likely N-dealkylation sites (tertiary alicyclic amines) is 1. The van der Waals surface area contributed by atoms with Crippen molar-refractivity contribution in [3.8, 4) is 11.4 Å². The topological polar surface area (TPSA) is 84.4 Å². The van der Waals surface area contributed by atoms with Gasteiger partial charge < -0.3 is 15.7 Å². The van der Waals surface area contributed by atoms with Crippen LogP contribution in [0.5, 0.6) is 5.75 Å². The average Bonchev–Trinajstić information content (AvgIpc) is 3.31. The molecular formula is C20H26N4O2. The zero-order valence-electron chi connectivity index (χ0n) is 15.3. The van der Waals surface area contributed by atoms with E-state index < -0.39 is 0 Å². The minimum Gasteiger partial charge on any atom is -0.504 e. The predicted octanol–water partition coefficient (Wildman–Crippen LogP) is 2.51. The van der Waals surface area contributed by atoms with Gasteiger partial charge >= 0.3 is 0 Å². The molecule has 1 aromatic heterocycles. The lowest BCUT2D eigenvalue weighted by Gasteiger charge is -2.17. The summed E-state index contributed by atoms with van der Waals surface area (Å²) in [4.78, 5) is 14.7. The van der Waals surface area contributed by atoms with Crippen molar-refractivity contribution in [2.75, 3.05) is 13.1 Å². The van der Waals surface area contributed by atoms with Gasteiger partial charge in [-0.05, 0) is 48.3 Å². The third-order valence-electron chi connectivity index (χ3n) is 5.90. The molecule has 26 heavy (non-hydrogen) atoms. The molecule has 1 amide bonds. The Balaban J connectivity index is 1.57. The van der Waals surface area contributed by atoms with Crippen molar-refractivity contribution in [3.05, 3.63) is 41.7 Å². The molecule has 1 aliphatic carbocycles. The minimum absolute atomic E-state index is 0.0775. The van der Waals surface area contributed by atoms with E-state index in [0.29, 0.717) is 30.8 Å². The Morgan fingerprint density at radius 1 is 1.31 bits per heavy atom. The monoisotopic (exact) mass is 354 g/mol. The number of carbonyl (C=O) groups excluding carboxylic acids is 1. The number of nitrogens with two attached hydrogens (primary N) is 1. The van der Waals surface area contributed by atoms with Crippen LogP contribution in [0.2, 0.25) is 0 Å². The molecule has 4 rings (SSSR count). The Hall–Kier alpha value is -2.34. The van der Waals surface area contributed by atoms with Crippen LogP contribution in [0.4, 0.5) is 0 Å². The van der Waals surface area contributed by atoms with Gasteiger partial charge in [-0.15, -0.1) is 0 Å². The highest BCUT2D eigenvalue weighted by Crippen LogP contribution is 2.38. The molecule has 2 aliphatic rings. The zero-order valence-corrected chi connectivity index (χ0v) is 15.3. The summed E-state index contributed by atoms with van der Waals surface area (Å²) in [5, 5.41) is 14.7. The fourth-order valence-corrected chi connectivity index (χ4v) is 4.30. The number of fused-ring (bicyclic) bond motifs is 1. The minimum atomic E-state index is -0.206. The van der Waals surface area contributed by atoms with Gasteiger partial charge in [0, 0.05) is 19.1 Å². The second kappa shape index (κ2) is 6.43. The molecule has 2 heterocycles. The van der Waals surface area contributed by atoms with Crippen molar-refractivity contribution in [1.82, 2.24) is 14.7 Å². The molecule has 2 fully saturated rings. The lowest BCUT2D eigenvalue weighted by Crippen LogP contribution is -2.33. The molecule has 6 nitrogen and oxygen atoms in total. The maximum Gasteiger partial charge on any atom is 0.278 e. The van der Waals surface area contributed by atoms with E-state index in [1.54, 1.807) is 9.58 Å². The summed E-state index contributed by atoms with van der Waals surface area (Å²) in [6.07, 6.45) is 3.64. The van der Waals surface area contributed by atoms with Crippen molar-refractivity contribution in [1.29, 1.82) is 0 Å². The molecule has 3 N–H and O–H groups in total. The molecule has 0 spiro atoms. The molecule has 1 aliphatic heterocycles. The van der Waals surface area contributed by atoms with E-state index in [4.69, 9.17) is 5.73 Å². The van der Waals surface area contributed by atoms with Crippen LogP contribution < -0.4 is 5.73 Å². The standard InChI is InChI=1S/C20H26N4O2/c1-12(2)13-4-3-5-15(8-13)24-11-18(25)19(22-24)20(26)23-9-14-6-7-17(21)16(14)10-23/h3-5,8,11-12,14,16-17,25H,6-7,9-10,21H2,1-2H3. The molecule has 1 aromatic carbocycles. The van der Waals surface area contributed by atoms with Crippen molar-refractivity contribution < 1.29 is 9.90 Å². The van der Waals surface area contributed by atoms with E-state index in [9.17, 15) is 9.90 Å². The van der Waals surface area contributed by atoms with Gasteiger partial charge in [0.2, 0.25) is 0 Å². The second-order valence-electron chi connectivity index (χ2n) is 7.93. The van der Waals surface area contributed by atoms with Crippen LogP contribution in [0, 0.1) is 11.8 Å². The molecule has 1 saturated carbocycles. The summed E-state index contributed by atoms with van der Waals surface area (Å²) in [5.74, 6) is 0.981. The molecule has 1 saturated heterocycles. The molecule has 2 aromatic rings. The average molecular weight is 354 g/mol. The smallest absolute Gasteiger partial charge is 0.278 e. The summed E-state index contributed by atoms with van der Waals surface area (Å²) in [7, 11) is 0. The number of aromatic hydroxyl groups is 1. The summed E-state index contributed by atoms with van der Waals surface area (Å²) in [5.41, 5.74) is 8.31. The molecule has 3 atom stereocenters. The highest BCUT2D eigenvalue weighted by Gasteiger charge is 2.43. The largest absolute Gasteiger partial charge is 0.504 e. The van der Waals surface area contributed by atoms with Crippen LogP contribution in [0.1, 0.15) is 48.7 Å². The number of benzene rings is 1. The maximum absolute atomic E-state index is 12.9. The summed E-state index contributed by atoms with van der Waals surface area (Å²) in [6.45, 7) is 5.64. The highest BCUT2D eigenvalue weighted by atomic mass is 16.3. The van der Waals surface area contributed by atoms with Crippen molar-refractivity contribution in [2.24, 2.45) is 17.6 Å². The number of aromatic nitrogens is 2. The van der Waals surface area contributed by atoms with Crippen LogP contribution in [0.15, 0.2) is 30.5 Å². The molecule has 3 unspecified atom stereocenters. The summed E-state index contributed by atoms with van der Waals surface area (Å²) >= 11 is 0. The first-order chi connectivity index (χ1) is 12.4. The van der Waals surface area contributed by atoms with Gasteiger partial charge in [0.25, 0.3) is 5.91 Å². The van der Waals surface area contributed by atoms with Crippen LogP contribution in [0.25, 0.3) is 5.69 Å². The lowest BCUT2D eigenvalue weighted by atomic mass is 9.98. The van der Waals surface area contributed by atoms with E-state index in [-0.39, 0.29) is 23.4 Å². The highest BCUT2D eigenvalue weighted by molar-refractivity contribution is 5.95. The first kappa shape index (κ1) is 17.1. The summed E-state index contributed by atoms with van der Waals surface area (Å²) < 4.78 is 1.58. The van der Waals surface area contributed by atoms with Crippen molar-refractivity contribution in [2.45, 2.75) is 38.6 Å². The fourth-order valence-electron chi connectivity index (χ4n) is 4.30. The second-order valence-corrected chi connectivity index (χ2v) is 7.93. The van der Waals surface area contributed by atoms with Crippen LogP contribution in [0.3, 0.4) is 0 Å². The van der Waals surface area contributed by atoms with Crippen molar-refractivity contribution >= 4 is 5.91 Å². The molecule has 0 bridgehead atoms. The van der Waals surface area contributed by atoms with Crippen molar-refractivity contribution in [3.63, 3.8) is 0 Å². The Morgan fingerprint density at radius 2 is 2.12 bits per heavy atom. The van der Waals surface area contributed by atoms with Gasteiger partial charge in [0.15, 0.2) is 11.4 Å². The van der Waals surface area contributed by atoms with E-state index in [0.717, 1.165) is 18.5 Å². The van der Waals surface area contributed by atoms with Gasteiger partial charge in [-0.25, -0.2) is 4.68 Å².